The van der Waals surface area contributed by atoms with E-state index in [1.165, 1.54) is 14.0 Å². The van der Waals surface area contributed by atoms with Gasteiger partial charge in [0.2, 0.25) is 0 Å². The van der Waals surface area contributed by atoms with Gasteiger partial charge in [-0.1, -0.05) is 11.6 Å². The smallest absolute Gasteiger partial charge is 0.316 e. The summed E-state index contributed by atoms with van der Waals surface area (Å²) in [6, 6.07) is 0. The van der Waals surface area contributed by atoms with Crippen molar-refractivity contribution in [3.05, 3.63) is 11.6 Å². The van der Waals surface area contributed by atoms with E-state index in [2.05, 4.69) is 6.08 Å². The first-order valence-electron chi connectivity index (χ1n) is 10.9. The van der Waals surface area contributed by atoms with Crippen molar-refractivity contribution < 1.29 is 33.3 Å². The molecule has 0 amide bonds. The van der Waals surface area contributed by atoms with Crippen LogP contribution in [0.25, 0.3) is 0 Å². The molecule has 2 saturated heterocycles. The fraction of sp³-hybridized carbons (Fsp3) is 0.783. The number of ether oxygens (including phenoxy) is 4. The molecule has 4 bridgehead atoms. The van der Waals surface area contributed by atoms with Gasteiger partial charge in [0.25, 0.3) is 0 Å². The van der Waals surface area contributed by atoms with E-state index in [0.717, 1.165) is 12.0 Å². The van der Waals surface area contributed by atoms with Gasteiger partial charge in [0.05, 0.1) is 25.0 Å². The minimum atomic E-state index is -0.840. The van der Waals surface area contributed by atoms with Crippen LogP contribution in [-0.4, -0.2) is 48.4 Å². The largest absolute Gasteiger partial charge is 0.469 e. The zero-order valence-corrected chi connectivity index (χ0v) is 17.9. The average molecular weight is 416 g/mol. The number of rotatable bonds is 2. The Bertz CT molecular complexity index is 934. The van der Waals surface area contributed by atoms with Gasteiger partial charge in [-0.3, -0.25) is 14.4 Å². The summed E-state index contributed by atoms with van der Waals surface area (Å²) in [7, 11) is 1.41. The molecule has 6 rings (SSSR count). The lowest BCUT2D eigenvalue weighted by atomic mass is 9.60. The summed E-state index contributed by atoms with van der Waals surface area (Å²) in [6.07, 6.45) is 5.36. The average Bonchev–Trinajstić information content (AvgIpc) is 3.34. The number of carbonyl (C=O) groups excluding carboxylic acids is 3. The molecule has 3 saturated carbocycles. The number of hydrogen-bond acceptors (Lipinski definition) is 7. The zero-order chi connectivity index (χ0) is 21.3. The van der Waals surface area contributed by atoms with Crippen LogP contribution < -0.4 is 0 Å². The predicted molar refractivity (Wildman–Crippen MR) is 102 cm³/mol. The molecule has 0 aromatic rings. The van der Waals surface area contributed by atoms with Crippen LogP contribution in [0.3, 0.4) is 0 Å². The molecule has 0 N–H and O–H groups in total. The molecule has 7 heteroatoms. The first-order valence-corrected chi connectivity index (χ1v) is 10.9. The molecule has 6 aliphatic rings. The van der Waals surface area contributed by atoms with Crippen molar-refractivity contribution in [1.82, 2.24) is 0 Å². The van der Waals surface area contributed by atoms with Crippen LogP contribution in [0.1, 0.15) is 52.9 Å². The third-order valence-corrected chi connectivity index (χ3v) is 9.82. The maximum Gasteiger partial charge on any atom is 0.316 e. The second-order valence-electron chi connectivity index (χ2n) is 10.7. The Morgan fingerprint density at radius 1 is 1.27 bits per heavy atom. The minimum absolute atomic E-state index is 0.0153. The topological polar surface area (TPSA) is 91.4 Å². The molecular weight excluding hydrogens is 388 g/mol. The van der Waals surface area contributed by atoms with Crippen molar-refractivity contribution >= 4 is 17.9 Å². The zero-order valence-electron chi connectivity index (χ0n) is 17.9. The highest BCUT2D eigenvalue weighted by Gasteiger charge is 2.88. The number of hydrogen-bond donors (Lipinski definition) is 0. The lowest BCUT2D eigenvalue weighted by Gasteiger charge is -2.46. The molecule has 30 heavy (non-hydrogen) atoms. The highest BCUT2D eigenvalue weighted by Crippen LogP contribution is 2.81. The summed E-state index contributed by atoms with van der Waals surface area (Å²) in [6.45, 7) is 5.86. The van der Waals surface area contributed by atoms with Crippen molar-refractivity contribution in [1.29, 1.82) is 0 Å². The third-order valence-electron chi connectivity index (χ3n) is 9.82. The van der Waals surface area contributed by atoms with Crippen LogP contribution in [0.2, 0.25) is 0 Å². The molecule has 8 atom stereocenters. The maximum atomic E-state index is 13.4. The van der Waals surface area contributed by atoms with E-state index in [1.54, 1.807) is 0 Å². The standard InChI is InChI=1S/C23H28O7/c1-12-5-8-23-14-6-7-21(29-13(2)24)9-20(14,10-22(21)11-28-22)15(17(25)27-4)16(23)19(12,3)18(26)30-23/h5,14-16H,6-11H2,1-4H3/t14?,15?,16?,19-,20+,21-,22-,23+/m0/s1. The van der Waals surface area contributed by atoms with Crippen LogP contribution >= 0.6 is 0 Å². The van der Waals surface area contributed by atoms with Crippen LogP contribution in [-0.2, 0) is 33.3 Å². The van der Waals surface area contributed by atoms with Crippen molar-refractivity contribution in [2.24, 2.45) is 28.6 Å². The molecule has 5 fully saturated rings. The SMILES string of the molecule is COC(=O)C1C2[C@@]3(C)C(=O)O[C@]2(CC=C3C)C2CC[C@]3(OC(C)=O)C[C@]12C[C@]31CO1. The molecule has 0 radical (unpaired) electrons. The number of epoxide rings is 1. The van der Waals surface area contributed by atoms with E-state index < -0.39 is 33.6 Å². The second kappa shape index (κ2) is 5.12. The van der Waals surface area contributed by atoms with E-state index in [-0.39, 0.29) is 29.7 Å². The molecule has 7 nitrogen and oxygen atoms in total. The predicted octanol–water partition coefficient (Wildman–Crippen LogP) is 2.32. The number of fused-ring (bicyclic) bond motifs is 2. The van der Waals surface area contributed by atoms with Crippen molar-refractivity contribution in [2.45, 2.75) is 69.7 Å². The van der Waals surface area contributed by atoms with Gasteiger partial charge in [-0.2, -0.15) is 0 Å². The molecule has 4 aliphatic carbocycles. The first-order chi connectivity index (χ1) is 14.1. The highest BCUT2D eigenvalue weighted by atomic mass is 16.6. The Kier molecular flexibility index (Phi) is 3.21. The number of methoxy groups -OCH3 is 1. The summed E-state index contributed by atoms with van der Waals surface area (Å²) in [5.74, 6) is -1.59. The monoisotopic (exact) mass is 416 g/mol. The number of esters is 3. The Labute approximate surface area is 175 Å². The van der Waals surface area contributed by atoms with Gasteiger partial charge >= 0.3 is 17.9 Å². The number of carbonyl (C=O) groups is 3. The quantitative estimate of drug-likeness (QED) is 0.295. The normalized spacial score (nSPS) is 54.2. The van der Waals surface area contributed by atoms with Gasteiger partial charge in [0, 0.05) is 25.2 Å². The van der Waals surface area contributed by atoms with E-state index in [4.69, 9.17) is 18.9 Å². The lowest BCUT2D eigenvalue weighted by molar-refractivity contribution is -0.174. The minimum Gasteiger partial charge on any atom is -0.469 e. The Morgan fingerprint density at radius 2 is 2.00 bits per heavy atom. The molecule has 2 aliphatic heterocycles. The van der Waals surface area contributed by atoms with Gasteiger partial charge in [-0.25, -0.2) is 0 Å². The van der Waals surface area contributed by atoms with E-state index >= 15 is 0 Å². The van der Waals surface area contributed by atoms with Gasteiger partial charge in [-0.15, -0.1) is 0 Å². The maximum absolute atomic E-state index is 13.4. The van der Waals surface area contributed by atoms with Crippen LogP contribution in [0.15, 0.2) is 11.6 Å². The Hall–Kier alpha value is -1.89. The van der Waals surface area contributed by atoms with E-state index in [1.807, 2.05) is 13.8 Å². The Morgan fingerprint density at radius 3 is 2.63 bits per heavy atom. The molecular formula is C23H28O7. The van der Waals surface area contributed by atoms with Gasteiger partial charge in [-0.05, 0) is 44.9 Å². The fourth-order valence-corrected chi connectivity index (χ4v) is 8.68. The first kappa shape index (κ1) is 18.8. The van der Waals surface area contributed by atoms with Crippen LogP contribution in [0, 0.1) is 28.6 Å². The van der Waals surface area contributed by atoms with Crippen molar-refractivity contribution in [3.8, 4) is 0 Å². The molecule has 162 valence electrons. The van der Waals surface area contributed by atoms with Gasteiger partial charge in [0.1, 0.15) is 16.8 Å². The van der Waals surface area contributed by atoms with Gasteiger partial charge < -0.3 is 18.9 Å². The Balaban J connectivity index is 1.56. The summed E-state index contributed by atoms with van der Waals surface area (Å²) < 4.78 is 23.6. The van der Waals surface area contributed by atoms with E-state index in [9.17, 15) is 14.4 Å². The second-order valence-corrected chi connectivity index (χ2v) is 10.7. The summed E-state index contributed by atoms with van der Waals surface area (Å²) >= 11 is 0. The summed E-state index contributed by atoms with van der Waals surface area (Å²) in [4.78, 5) is 38.6. The fourth-order valence-electron chi connectivity index (χ4n) is 8.68. The van der Waals surface area contributed by atoms with Gasteiger partial charge in [0.15, 0.2) is 0 Å². The van der Waals surface area contributed by atoms with E-state index in [0.29, 0.717) is 32.3 Å². The lowest BCUT2D eigenvalue weighted by Crippen LogP contribution is -2.50. The highest BCUT2D eigenvalue weighted by molar-refractivity contribution is 5.88. The third kappa shape index (κ3) is 1.71. The molecule has 0 aromatic carbocycles. The van der Waals surface area contributed by atoms with Crippen LogP contribution in [0.5, 0.6) is 0 Å². The van der Waals surface area contributed by atoms with Crippen LogP contribution in [0.4, 0.5) is 0 Å². The molecule has 2 spiro atoms. The summed E-state index contributed by atoms with van der Waals surface area (Å²) in [5, 5.41) is 0. The molecule has 2 heterocycles. The molecule has 3 unspecified atom stereocenters. The van der Waals surface area contributed by atoms with Crippen molar-refractivity contribution in [2.75, 3.05) is 13.7 Å². The summed E-state index contributed by atoms with van der Waals surface area (Å²) in [5.41, 5.74) is -2.28. The molecule has 0 aromatic heterocycles. The van der Waals surface area contributed by atoms with Crippen molar-refractivity contribution in [3.63, 3.8) is 0 Å².